The standard InChI is InChI=1S/C33H56O15/c1-18(14-12-10-8-6-4-3-5-7-9-11-13-15-20-23(30(41)42)19(2)31(43)45-20)44-33-29(27(39)25(37)22(17-35)47-33)48-32-28(40)26(38)24(36)21(16-34)46-32/h18,20-29,32-40H,2-17H2,1H3,(H,41,42). The molecular weight excluding hydrogens is 636 g/mol. The molecule has 3 aliphatic heterocycles. The highest BCUT2D eigenvalue weighted by atomic mass is 16.8. The van der Waals surface area contributed by atoms with Crippen molar-refractivity contribution in [1.82, 2.24) is 0 Å². The minimum Gasteiger partial charge on any atom is -0.481 e. The number of carboxylic acids is 1. The third kappa shape index (κ3) is 11.1. The Morgan fingerprint density at radius 2 is 1.23 bits per heavy atom. The molecule has 3 rings (SSSR count). The van der Waals surface area contributed by atoms with E-state index >= 15 is 0 Å². The molecule has 48 heavy (non-hydrogen) atoms. The van der Waals surface area contributed by atoms with Crippen LogP contribution in [0.25, 0.3) is 0 Å². The number of carbonyl (C=O) groups is 2. The average Bonchev–Trinajstić information content (AvgIpc) is 3.35. The molecule has 0 aromatic rings. The van der Waals surface area contributed by atoms with Crippen LogP contribution in [0.4, 0.5) is 0 Å². The quantitative estimate of drug-likeness (QED) is 0.0457. The molecule has 0 aromatic carbocycles. The maximum atomic E-state index is 11.6. The fourth-order valence-electron chi connectivity index (χ4n) is 6.48. The first-order chi connectivity index (χ1) is 22.9. The van der Waals surface area contributed by atoms with E-state index in [-0.39, 0.29) is 11.7 Å². The topological polar surface area (TPSA) is 242 Å². The summed E-state index contributed by atoms with van der Waals surface area (Å²) in [6.45, 7) is 4.11. The molecule has 0 bridgehead atoms. The molecule has 13 unspecified atom stereocenters. The first kappa shape index (κ1) is 40.7. The van der Waals surface area contributed by atoms with Gasteiger partial charge in [-0.2, -0.15) is 0 Å². The van der Waals surface area contributed by atoms with E-state index in [4.69, 9.17) is 23.7 Å². The van der Waals surface area contributed by atoms with Gasteiger partial charge in [-0.25, -0.2) is 4.79 Å². The summed E-state index contributed by atoms with van der Waals surface area (Å²) < 4.78 is 27.9. The van der Waals surface area contributed by atoms with Gasteiger partial charge in [0.15, 0.2) is 12.6 Å². The first-order valence-corrected chi connectivity index (χ1v) is 17.3. The molecule has 15 nitrogen and oxygen atoms in total. The summed E-state index contributed by atoms with van der Waals surface area (Å²) in [6.07, 6.45) is -3.24. The molecule has 0 aromatic heterocycles. The number of cyclic esters (lactones) is 1. The van der Waals surface area contributed by atoms with Gasteiger partial charge in [0.25, 0.3) is 0 Å². The van der Waals surface area contributed by atoms with Crippen molar-refractivity contribution < 1.29 is 74.1 Å². The largest absolute Gasteiger partial charge is 0.481 e. The molecule has 0 radical (unpaired) electrons. The molecule has 8 N–H and O–H groups in total. The van der Waals surface area contributed by atoms with Crippen molar-refractivity contribution in [2.24, 2.45) is 5.92 Å². The van der Waals surface area contributed by atoms with Gasteiger partial charge in [0.05, 0.1) is 19.3 Å². The van der Waals surface area contributed by atoms with Gasteiger partial charge in [-0.3, -0.25) is 4.79 Å². The van der Waals surface area contributed by atoms with Crippen molar-refractivity contribution in [1.29, 1.82) is 0 Å². The Hall–Kier alpha value is -1.76. The Balaban J connectivity index is 1.29. The van der Waals surface area contributed by atoms with Gasteiger partial charge in [0.1, 0.15) is 60.9 Å². The zero-order valence-electron chi connectivity index (χ0n) is 27.8. The van der Waals surface area contributed by atoms with Gasteiger partial charge in [0.2, 0.25) is 0 Å². The highest BCUT2D eigenvalue weighted by Crippen LogP contribution is 2.32. The Morgan fingerprint density at radius 3 is 1.77 bits per heavy atom. The van der Waals surface area contributed by atoms with Crippen LogP contribution in [0.3, 0.4) is 0 Å². The zero-order chi connectivity index (χ0) is 35.4. The molecule has 0 amide bonds. The lowest BCUT2D eigenvalue weighted by molar-refractivity contribution is -0.371. The fraction of sp³-hybridized carbons (Fsp3) is 0.879. The van der Waals surface area contributed by atoms with E-state index in [1.54, 1.807) is 0 Å². The van der Waals surface area contributed by atoms with Gasteiger partial charge in [0, 0.05) is 5.57 Å². The van der Waals surface area contributed by atoms with Crippen molar-refractivity contribution in [3.05, 3.63) is 12.2 Å². The first-order valence-electron chi connectivity index (χ1n) is 17.3. The Bertz CT molecular complexity index is 994. The van der Waals surface area contributed by atoms with Gasteiger partial charge in [-0.15, -0.1) is 0 Å². The molecule has 13 atom stereocenters. The summed E-state index contributed by atoms with van der Waals surface area (Å²) in [7, 11) is 0. The predicted octanol–water partition coefficient (Wildman–Crippen LogP) is 0.269. The number of carbonyl (C=O) groups excluding carboxylic acids is 1. The molecule has 278 valence electrons. The van der Waals surface area contributed by atoms with Crippen LogP contribution in [-0.2, 0) is 33.3 Å². The number of ether oxygens (including phenoxy) is 5. The minimum atomic E-state index is -1.73. The van der Waals surface area contributed by atoms with Crippen LogP contribution < -0.4 is 0 Å². The third-order valence-electron chi connectivity index (χ3n) is 9.46. The maximum Gasteiger partial charge on any atom is 0.334 e. The second-order valence-corrected chi connectivity index (χ2v) is 13.2. The lowest BCUT2D eigenvalue weighted by Gasteiger charge is -2.46. The van der Waals surface area contributed by atoms with Crippen molar-refractivity contribution >= 4 is 11.9 Å². The van der Waals surface area contributed by atoms with E-state index in [0.29, 0.717) is 12.8 Å². The van der Waals surface area contributed by atoms with Gasteiger partial charge >= 0.3 is 11.9 Å². The summed E-state index contributed by atoms with van der Waals surface area (Å²) >= 11 is 0. The van der Waals surface area contributed by atoms with Gasteiger partial charge < -0.3 is 64.5 Å². The van der Waals surface area contributed by atoms with E-state index in [9.17, 15) is 50.4 Å². The number of esters is 1. The van der Waals surface area contributed by atoms with Gasteiger partial charge in [-0.1, -0.05) is 70.8 Å². The van der Waals surface area contributed by atoms with Crippen molar-refractivity contribution in [2.75, 3.05) is 13.2 Å². The number of hydrogen-bond acceptors (Lipinski definition) is 14. The lowest BCUT2D eigenvalue weighted by atomic mass is 9.93. The molecule has 0 aliphatic carbocycles. The fourth-order valence-corrected chi connectivity index (χ4v) is 6.48. The second-order valence-electron chi connectivity index (χ2n) is 13.2. The third-order valence-corrected chi connectivity index (χ3v) is 9.46. The number of aliphatic hydroxyl groups is 7. The van der Waals surface area contributed by atoms with E-state index in [1.165, 1.54) is 0 Å². The number of aliphatic hydroxyl groups excluding tert-OH is 7. The lowest BCUT2D eigenvalue weighted by Crippen LogP contribution is -2.64. The van der Waals surface area contributed by atoms with E-state index in [1.807, 2.05) is 6.92 Å². The number of hydrogen-bond donors (Lipinski definition) is 8. The van der Waals surface area contributed by atoms with E-state index in [0.717, 1.165) is 70.6 Å². The van der Waals surface area contributed by atoms with Crippen LogP contribution in [0, 0.1) is 5.92 Å². The molecule has 15 heteroatoms. The van der Waals surface area contributed by atoms with Crippen LogP contribution in [0.1, 0.15) is 90.4 Å². The monoisotopic (exact) mass is 692 g/mol. The second kappa shape index (κ2) is 20.2. The molecule has 3 fully saturated rings. The predicted molar refractivity (Wildman–Crippen MR) is 167 cm³/mol. The molecule has 0 saturated carbocycles. The Morgan fingerprint density at radius 1 is 0.729 bits per heavy atom. The Labute approximate surface area is 281 Å². The number of rotatable bonds is 21. The minimum absolute atomic E-state index is 0.0277. The summed E-state index contributed by atoms with van der Waals surface area (Å²) in [6, 6.07) is 0. The summed E-state index contributed by atoms with van der Waals surface area (Å²) in [4.78, 5) is 23.0. The molecule has 3 saturated heterocycles. The van der Waals surface area contributed by atoms with E-state index < -0.39 is 98.6 Å². The Kier molecular flexibility index (Phi) is 17.1. The van der Waals surface area contributed by atoms with Crippen molar-refractivity contribution in [3.63, 3.8) is 0 Å². The van der Waals surface area contributed by atoms with Crippen LogP contribution in [-0.4, -0.2) is 140 Å². The van der Waals surface area contributed by atoms with Crippen LogP contribution in [0.2, 0.25) is 0 Å². The summed E-state index contributed by atoms with van der Waals surface area (Å²) in [5.41, 5.74) is 0.0277. The van der Waals surface area contributed by atoms with Crippen molar-refractivity contribution in [3.8, 4) is 0 Å². The van der Waals surface area contributed by atoms with Crippen molar-refractivity contribution in [2.45, 2.75) is 164 Å². The molecule has 0 spiro atoms. The smallest absolute Gasteiger partial charge is 0.334 e. The SMILES string of the molecule is C=C1C(=O)OC(CCCCCCCCCCCCCC(C)OC2OC(CO)C(O)C(O)C2OC2OC(CO)C(O)C(O)C2O)C1C(=O)O. The highest BCUT2D eigenvalue weighted by Gasteiger charge is 2.51. The van der Waals surface area contributed by atoms with Gasteiger partial charge in [-0.05, 0) is 26.2 Å². The average molecular weight is 693 g/mol. The van der Waals surface area contributed by atoms with Crippen LogP contribution >= 0.6 is 0 Å². The number of aliphatic carboxylic acids is 1. The number of carboxylic acid groups (broad SMARTS) is 1. The molecule has 3 heterocycles. The van der Waals surface area contributed by atoms with E-state index in [2.05, 4.69) is 6.58 Å². The molecular formula is C33H56O15. The maximum absolute atomic E-state index is 11.6. The summed E-state index contributed by atoms with van der Waals surface area (Å²) in [5, 5.41) is 80.1. The summed E-state index contributed by atoms with van der Waals surface area (Å²) in [5.74, 6) is -2.62. The molecule has 3 aliphatic rings. The normalized spacial score (nSPS) is 36.2. The van der Waals surface area contributed by atoms with Crippen LogP contribution in [0.15, 0.2) is 12.2 Å². The highest BCUT2D eigenvalue weighted by molar-refractivity contribution is 5.97. The zero-order valence-corrected chi connectivity index (χ0v) is 27.8. The number of unbranched alkanes of at least 4 members (excludes halogenated alkanes) is 10. The van der Waals surface area contributed by atoms with Crippen LogP contribution in [0.5, 0.6) is 0 Å².